The van der Waals surface area contributed by atoms with Gasteiger partial charge in [-0.15, -0.1) is 0 Å². The third kappa shape index (κ3) is 4.04. The molecule has 0 aromatic heterocycles. The number of nitrogens with zero attached hydrogens (tertiary/aromatic N) is 1. The number of carbonyl (C=O) groups is 1. The molecule has 1 atom stereocenters. The van der Waals surface area contributed by atoms with Crippen molar-refractivity contribution < 1.29 is 18.3 Å². The molecule has 1 aromatic rings. The molecular weight excluding hydrogens is 290 g/mol. The molecule has 1 N–H and O–H groups in total. The number of hydrogen-bond donors (Lipinski definition) is 1. The van der Waals surface area contributed by atoms with Crippen molar-refractivity contribution in [2.24, 2.45) is 0 Å². The van der Waals surface area contributed by atoms with Crippen molar-refractivity contribution in [1.82, 2.24) is 4.90 Å². The van der Waals surface area contributed by atoms with E-state index in [0.29, 0.717) is 13.0 Å². The fraction of sp³-hybridized carbons (Fsp3) is 0.533. The van der Waals surface area contributed by atoms with Crippen molar-refractivity contribution in [3.63, 3.8) is 0 Å². The summed E-state index contributed by atoms with van der Waals surface area (Å²) < 4.78 is 23.3. The summed E-state index contributed by atoms with van der Waals surface area (Å²) in [5.74, 6) is -0.712. The van der Waals surface area contributed by atoms with Crippen LogP contribution in [0.4, 0.5) is 0 Å². The second kappa shape index (κ2) is 6.15. The second-order valence-electron chi connectivity index (χ2n) is 5.71. The molecule has 2 rings (SSSR count). The number of carboxylic acids is 1. The number of aliphatic carboxylic acids is 1. The quantitative estimate of drug-likeness (QED) is 0.889. The summed E-state index contributed by atoms with van der Waals surface area (Å²) in [6, 6.07) is 5.73. The third-order valence-electron chi connectivity index (χ3n) is 4.15. The molecular formula is C15H21NO4S. The van der Waals surface area contributed by atoms with Crippen LogP contribution in [-0.2, 0) is 21.2 Å². The minimum atomic E-state index is -3.02. The van der Waals surface area contributed by atoms with Crippen molar-refractivity contribution in [3.05, 3.63) is 34.9 Å². The topological polar surface area (TPSA) is 74.7 Å². The number of sulfone groups is 1. The van der Waals surface area contributed by atoms with Crippen LogP contribution in [0.25, 0.3) is 0 Å². The summed E-state index contributed by atoms with van der Waals surface area (Å²) in [6.07, 6.45) is 0.514. The van der Waals surface area contributed by atoms with Crippen LogP contribution in [0.2, 0.25) is 0 Å². The lowest BCUT2D eigenvalue weighted by Gasteiger charge is -2.27. The van der Waals surface area contributed by atoms with Gasteiger partial charge in [0, 0.05) is 12.6 Å². The van der Waals surface area contributed by atoms with E-state index >= 15 is 0 Å². The Kier molecular flexibility index (Phi) is 4.68. The molecule has 0 spiro atoms. The minimum Gasteiger partial charge on any atom is -0.480 e. The van der Waals surface area contributed by atoms with Gasteiger partial charge in [-0.05, 0) is 37.0 Å². The van der Waals surface area contributed by atoms with Crippen LogP contribution < -0.4 is 0 Å². The maximum atomic E-state index is 11.6. The van der Waals surface area contributed by atoms with Crippen LogP contribution in [0, 0.1) is 13.8 Å². The smallest absolute Gasteiger partial charge is 0.317 e. The molecule has 0 bridgehead atoms. The van der Waals surface area contributed by atoms with E-state index in [9.17, 15) is 13.2 Å². The van der Waals surface area contributed by atoms with Crippen molar-refractivity contribution in [2.45, 2.75) is 32.9 Å². The van der Waals surface area contributed by atoms with Gasteiger partial charge in [-0.25, -0.2) is 8.42 Å². The summed E-state index contributed by atoms with van der Waals surface area (Å²) in [7, 11) is -3.02. The van der Waals surface area contributed by atoms with Crippen molar-refractivity contribution >= 4 is 15.8 Å². The van der Waals surface area contributed by atoms with E-state index < -0.39 is 15.8 Å². The number of rotatable bonds is 5. The molecule has 1 unspecified atom stereocenters. The summed E-state index contributed by atoms with van der Waals surface area (Å²) in [5.41, 5.74) is 3.34. The predicted octanol–water partition coefficient (Wildman–Crippen LogP) is 1.38. The van der Waals surface area contributed by atoms with E-state index in [1.54, 1.807) is 4.90 Å². The number of carboxylic acid groups (broad SMARTS) is 1. The maximum Gasteiger partial charge on any atom is 0.317 e. The zero-order valence-electron chi connectivity index (χ0n) is 12.4. The highest BCUT2D eigenvalue weighted by Crippen LogP contribution is 2.22. The highest BCUT2D eigenvalue weighted by molar-refractivity contribution is 7.91. The van der Waals surface area contributed by atoms with E-state index in [4.69, 9.17) is 5.11 Å². The summed E-state index contributed by atoms with van der Waals surface area (Å²) in [5, 5.41) is 9.09. The monoisotopic (exact) mass is 311 g/mol. The fourth-order valence-electron chi connectivity index (χ4n) is 2.75. The Morgan fingerprint density at radius 2 is 2.10 bits per heavy atom. The Labute approximate surface area is 125 Å². The average molecular weight is 311 g/mol. The first-order valence-corrected chi connectivity index (χ1v) is 8.82. The maximum absolute atomic E-state index is 11.6. The van der Waals surface area contributed by atoms with Gasteiger partial charge < -0.3 is 5.11 Å². The van der Waals surface area contributed by atoms with Gasteiger partial charge in [-0.1, -0.05) is 18.2 Å². The van der Waals surface area contributed by atoms with Gasteiger partial charge in [-0.2, -0.15) is 0 Å². The SMILES string of the molecule is Cc1cccc(CN(CC(=O)O)C2CCS(=O)(=O)C2)c1C. The van der Waals surface area contributed by atoms with Gasteiger partial charge >= 0.3 is 5.97 Å². The summed E-state index contributed by atoms with van der Waals surface area (Å²) in [6.45, 7) is 4.36. The number of aryl methyl sites for hydroxylation is 1. The molecule has 5 nitrogen and oxygen atoms in total. The molecule has 1 saturated heterocycles. The Hall–Kier alpha value is -1.40. The molecule has 1 heterocycles. The molecule has 0 aliphatic carbocycles. The molecule has 0 radical (unpaired) electrons. The molecule has 0 saturated carbocycles. The molecule has 1 aliphatic rings. The first-order valence-electron chi connectivity index (χ1n) is 7.00. The van der Waals surface area contributed by atoms with E-state index in [2.05, 4.69) is 0 Å². The second-order valence-corrected chi connectivity index (χ2v) is 7.94. The Morgan fingerprint density at radius 1 is 1.38 bits per heavy atom. The van der Waals surface area contributed by atoms with Crippen molar-refractivity contribution in [3.8, 4) is 0 Å². The lowest BCUT2D eigenvalue weighted by molar-refractivity contribution is -0.139. The highest BCUT2D eigenvalue weighted by Gasteiger charge is 2.33. The van der Waals surface area contributed by atoms with Crippen molar-refractivity contribution in [2.75, 3.05) is 18.1 Å². The first-order chi connectivity index (χ1) is 9.78. The van der Waals surface area contributed by atoms with Gasteiger partial charge in [-0.3, -0.25) is 9.69 Å². The zero-order valence-corrected chi connectivity index (χ0v) is 13.2. The van der Waals surface area contributed by atoms with Crippen LogP contribution in [0.15, 0.2) is 18.2 Å². The van der Waals surface area contributed by atoms with Crippen LogP contribution in [-0.4, -0.2) is 48.5 Å². The largest absolute Gasteiger partial charge is 0.480 e. The van der Waals surface area contributed by atoms with E-state index in [1.807, 2.05) is 32.0 Å². The van der Waals surface area contributed by atoms with Gasteiger partial charge in [0.05, 0.1) is 18.1 Å². The summed E-state index contributed by atoms with van der Waals surface area (Å²) in [4.78, 5) is 12.9. The molecule has 0 amide bonds. The van der Waals surface area contributed by atoms with Gasteiger partial charge in [0.1, 0.15) is 0 Å². The Bertz CT molecular complexity index is 639. The van der Waals surface area contributed by atoms with E-state index in [-0.39, 0.29) is 24.1 Å². The van der Waals surface area contributed by atoms with Crippen LogP contribution in [0.3, 0.4) is 0 Å². The van der Waals surface area contributed by atoms with Crippen LogP contribution in [0.1, 0.15) is 23.1 Å². The van der Waals surface area contributed by atoms with Gasteiger partial charge in [0.25, 0.3) is 0 Å². The molecule has 116 valence electrons. The van der Waals surface area contributed by atoms with E-state index in [0.717, 1.165) is 16.7 Å². The fourth-order valence-corrected chi connectivity index (χ4v) is 4.51. The average Bonchev–Trinajstić information content (AvgIpc) is 2.74. The minimum absolute atomic E-state index is 0.0607. The molecule has 1 fully saturated rings. The third-order valence-corrected chi connectivity index (χ3v) is 5.90. The number of benzene rings is 1. The van der Waals surface area contributed by atoms with E-state index in [1.165, 1.54) is 0 Å². The lowest BCUT2D eigenvalue weighted by Crippen LogP contribution is -2.39. The molecule has 6 heteroatoms. The Balaban J connectivity index is 2.21. The van der Waals surface area contributed by atoms with Crippen molar-refractivity contribution in [1.29, 1.82) is 0 Å². The predicted molar refractivity (Wildman–Crippen MR) is 81.0 cm³/mol. The van der Waals surface area contributed by atoms with Crippen LogP contribution >= 0.6 is 0 Å². The zero-order chi connectivity index (χ0) is 15.6. The normalized spacial score (nSPS) is 20.8. The molecule has 21 heavy (non-hydrogen) atoms. The molecule has 1 aliphatic heterocycles. The number of hydrogen-bond acceptors (Lipinski definition) is 4. The standard InChI is InChI=1S/C15H21NO4S/c1-11-4-3-5-13(12(11)2)8-16(9-15(17)18)14-6-7-21(19,20)10-14/h3-5,14H,6-10H2,1-2H3,(H,17,18). The molecule has 1 aromatic carbocycles. The first kappa shape index (κ1) is 16.0. The lowest BCUT2D eigenvalue weighted by atomic mass is 10.0. The van der Waals surface area contributed by atoms with Gasteiger partial charge in [0.15, 0.2) is 9.84 Å². The summed E-state index contributed by atoms with van der Waals surface area (Å²) >= 11 is 0. The van der Waals surface area contributed by atoms with Gasteiger partial charge in [0.2, 0.25) is 0 Å². The van der Waals surface area contributed by atoms with Crippen LogP contribution in [0.5, 0.6) is 0 Å². The highest BCUT2D eigenvalue weighted by atomic mass is 32.2. The Morgan fingerprint density at radius 3 is 2.67 bits per heavy atom.